The third-order valence-corrected chi connectivity index (χ3v) is 3.29. The van der Waals surface area contributed by atoms with E-state index in [2.05, 4.69) is 10.6 Å². The number of rotatable bonds is 5. The van der Waals surface area contributed by atoms with Crippen LogP contribution in [0.15, 0.2) is 42.5 Å². The molecule has 0 aliphatic carbocycles. The van der Waals surface area contributed by atoms with Gasteiger partial charge in [0.1, 0.15) is 11.5 Å². The van der Waals surface area contributed by atoms with Crippen LogP contribution in [0, 0.1) is 0 Å². The van der Waals surface area contributed by atoms with Crippen LogP contribution in [-0.4, -0.2) is 18.1 Å². The highest BCUT2D eigenvalue weighted by Gasteiger charge is 2.11. The molecule has 3 N–H and O–H groups in total. The minimum absolute atomic E-state index is 0.0956. The van der Waals surface area contributed by atoms with Crippen LogP contribution in [0.3, 0.4) is 0 Å². The maximum Gasteiger partial charge on any atom is 0.221 e. The average Bonchev–Trinajstić information content (AvgIpc) is 2.49. The number of phenolic OH excluding ortho intramolecular Hbond substituents is 1. The first-order valence-electron chi connectivity index (χ1n) is 7.00. The van der Waals surface area contributed by atoms with Crippen LogP contribution in [-0.2, 0) is 4.79 Å². The molecule has 0 fully saturated rings. The van der Waals surface area contributed by atoms with Gasteiger partial charge in [0.25, 0.3) is 0 Å². The van der Waals surface area contributed by atoms with Crippen molar-refractivity contribution in [1.82, 2.24) is 0 Å². The van der Waals surface area contributed by atoms with Gasteiger partial charge >= 0.3 is 0 Å². The van der Waals surface area contributed by atoms with Crippen molar-refractivity contribution in [2.75, 3.05) is 17.7 Å². The molecule has 5 heteroatoms. The van der Waals surface area contributed by atoms with Gasteiger partial charge < -0.3 is 20.5 Å². The second-order valence-electron chi connectivity index (χ2n) is 5.05. The first-order valence-corrected chi connectivity index (χ1v) is 7.00. The Bertz CT molecular complexity index is 653. The topological polar surface area (TPSA) is 70.6 Å². The molecule has 1 atom stereocenters. The second-order valence-corrected chi connectivity index (χ2v) is 5.05. The number of phenols is 1. The van der Waals surface area contributed by atoms with Gasteiger partial charge in [-0.3, -0.25) is 4.79 Å². The SMILES string of the molecule is COc1ccc(O)c(C(C)Nc2ccc(NC(C)=O)cc2)c1. The molecule has 0 aromatic heterocycles. The molecule has 0 radical (unpaired) electrons. The summed E-state index contributed by atoms with van der Waals surface area (Å²) < 4.78 is 5.18. The van der Waals surface area contributed by atoms with Gasteiger partial charge in [0, 0.05) is 23.9 Å². The molecule has 0 saturated carbocycles. The molecule has 2 rings (SSSR count). The number of carbonyl (C=O) groups is 1. The molecule has 0 spiro atoms. The molecule has 0 heterocycles. The zero-order valence-corrected chi connectivity index (χ0v) is 12.9. The van der Waals surface area contributed by atoms with Crippen molar-refractivity contribution in [3.63, 3.8) is 0 Å². The summed E-state index contributed by atoms with van der Waals surface area (Å²) >= 11 is 0. The van der Waals surface area contributed by atoms with E-state index in [1.54, 1.807) is 25.3 Å². The van der Waals surface area contributed by atoms with Crippen LogP contribution in [0.5, 0.6) is 11.5 Å². The van der Waals surface area contributed by atoms with Gasteiger partial charge in [0.05, 0.1) is 13.2 Å². The molecule has 2 aromatic carbocycles. The van der Waals surface area contributed by atoms with Gasteiger partial charge in [-0.1, -0.05) is 0 Å². The van der Waals surface area contributed by atoms with Crippen molar-refractivity contribution < 1.29 is 14.6 Å². The van der Waals surface area contributed by atoms with Crippen molar-refractivity contribution >= 4 is 17.3 Å². The van der Waals surface area contributed by atoms with Gasteiger partial charge in [-0.05, 0) is 49.4 Å². The summed E-state index contributed by atoms with van der Waals surface area (Å²) in [5.74, 6) is 0.813. The Balaban J connectivity index is 2.11. The number of hydrogen-bond donors (Lipinski definition) is 3. The minimum atomic E-state index is -0.101. The van der Waals surface area contributed by atoms with E-state index >= 15 is 0 Å². The fraction of sp³-hybridized carbons (Fsp3) is 0.235. The number of hydrogen-bond acceptors (Lipinski definition) is 4. The summed E-state index contributed by atoms with van der Waals surface area (Å²) in [4.78, 5) is 11.0. The fourth-order valence-corrected chi connectivity index (χ4v) is 2.19. The number of ether oxygens (including phenoxy) is 1. The van der Waals surface area contributed by atoms with Crippen molar-refractivity contribution in [3.8, 4) is 11.5 Å². The molecule has 116 valence electrons. The number of nitrogens with one attached hydrogen (secondary N) is 2. The normalized spacial score (nSPS) is 11.6. The van der Waals surface area contributed by atoms with Crippen molar-refractivity contribution in [3.05, 3.63) is 48.0 Å². The van der Waals surface area contributed by atoms with Crippen LogP contribution in [0.25, 0.3) is 0 Å². The first kappa shape index (κ1) is 15.7. The summed E-state index contributed by atoms with van der Waals surface area (Å²) in [5.41, 5.74) is 2.39. The Kier molecular flexibility index (Phi) is 4.88. The van der Waals surface area contributed by atoms with Crippen LogP contribution < -0.4 is 15.4 Å². The van der Waals surface area contributed by atoms with Crippen molar-refractivity contribution in [2.45, 2.75) is 19.9 Å². The second kappa shape index (κ2) is 6.85. The zero-order chi connectivity index (χ0) is 16.1. The smallest absolute Gasteiger partial charge is 0.221 e. The third kappa shape index (κ3) is 3.91. The Morgan fingerprint density at radius 1 is 1.14 bits per heavy atom. The molecular formula is C17H20N2O3. The summed E-state index contributed by atoms with van der Waals surface area (Å²) in [6.07, 6.45) is 0. The lowest BCUT2D eigenvalue weighted by Crippen LogP contribution is -2.08. The molecule has 0 aliphatic heterocycles. The number of methoxy groups -OCH3 is 1. The van der Waals surface area contributed by atoms with Crippen LogP contribution in [0.2, 0.25) is 0 Å². The lowest BCUT2D eigenvalue weighted by Gasteiger charge is -2.18. The number of aromatic hydroxyl groups is 1. The van der Waals surface area contributed by atoms with E-state index in [0.717, 1.165) is 16.9 Å². The number of carbonyl (C=O) groups excluding carboxylic acids is 1. The molecular weight excluding hydrogens is 280 g/mol. The monoisotopic (exact) mass is 300 g/mol. The van der Waals surface area contributed by atoms with E-state index in [0.29, 0.717) is 5.75 Å². The van der Waals surface area contributed by atoms with Gasteiger partial charge in [-0.2, -0.15) is 0 Å². The van der Waals surface area contributed by atoms with Crippen LogP contribution in [0.4, 0.5) is 11.4 Å². The molecule has 22 heavy (non-hydrogen) atoms. The molecule has 1 unspecified atom stereocenters. The fourth-order valence-electron chi connectivity index (χ4n) is 2.19. The van der Waals surface area contributed by atoms with E-state index in [1.807, 2.05) is 31.2 Å². The van der Waals surface area contributed by atoms with Gasteiger partial charge in [-0.25, -0.2) is 0 Å². The van der Waals surface area contributed by atoms with Crippen molar-refractivity contribution in [1.29, 1.82) is 0 Å². The molecule has 1 amide bonds. The lowest BCUT2D eigenvalue weighted by atomic mass is 10.1. The average molecular weight is 300 g/mol. The van der Waals surface area contributed by atoms with Crippen LogP contribution >= 0.6 is 0 Å². The predicted octanol–water partition coefficient (Wildman–Crippen LogP) is 3.53. The maximum absolute atomic E-state index is 11.0. The summed E-state index contributed by atoms with van der Waals surface area (Å²) in [7, 11) is 1.59. The van der Waals surface area contributed by atoms with E-state index < -0.39 is 0 Å². The maximum atomic E-state index is 11.0. The Hall–Kier alpha value is -2.69. The first-order chi connectivity index (χ1) is 10.5. The molecule has 2 aromatic rings. The highest BCUT2D eigenvalue weighted by Crippen LogP contribution is 2.30. The molecule has 0 aliphatic rings. The minimum Gasteiger partial charge on any atom is -0.508 e. The summed E-state index contributed by atoms with van der Waals surface area (Å²) in [6.45, 7) is 3.43. The Morgan fingerprint density at radius 2 is 1.77 bits per heavy atom. The molecule has 0 bridgehead atoms. The van der Waals surface area contributed by atoms with E-state index in [1.165, 1.54) is 6.92 Å². The van der Waals surface area contributed by atoms with Gasteiger partial charge in [0.2, 0.25) is 5.91 Å². The van der Waals surface area contributed by atoms with Crippen molar-refractivity contribution in [2.24, 2.45) is 0 Å². The molecule has 0 saturated heterocycles. The zero-order valence-electron chi connectivity index (χ0n) is 12.9. The number of amides is 1. The number of anilines is 2. The quantitative estimate of drug-likeness (QED) is 0.790. The van der Waals surface area contributed by atoms with E-state index in [9.17, 15) is 9.90 Å². The van der Waals surface area contributed by atoms with E-state index in [4.69, 9.17) is 4.74 Å². The summed E-state index contributed by atoms with van der Waals surface area (Å²) in [5, 5.41) is 16.0. The van der Waals surface area contributed by atoms with Gasteiger partial charge in [-0.15, -0.1) is 0 Å². The largest absolute Gasteiger partial charge is 0.508 e. The third-order valence-electron chi connectivity index (χ3n) is 3.29. The van der Waals surface area contributed by atoms with Gasteiger partial charge in [0.15, 0.2) is 0 Å². The predicted molar refractivity (Wildman–Crippen MR) is 87.4 cm³/mol. The van der Waals surface area contributed by atoms with Crippen LogP contribution in [0.1, 0.15) is 25.5 Å². The Labute approximate surface area is 129 Å². The Morgan fingerprint density at radius 3 is 2.36 bits per heavy atom. The van der Waals surface area contributed by atoms with E-state index in [-0.39, 0.29) is 17.7 Å². The highest BCUT2D eigenvalue weighted by atomic mass is 16.5. The standard InChI is InChI=1S/C17H20N2O3/c1-11(16-10-15(22-3)8-9-17(16)21)18-13-4-6-14(7-5-13)19-12(2)20/h4-11,18,21H,1-3H3,(H,19,20). The number of benzene rings is 2. The summed E-state index contributed by atoms with van der Waals surface area (Å²) in [6, 6.07) is 12.4. The molecule has 5 nitrogen and oxygen atoms in total. The highest BCUT2D eigenvalue weighted by molar-refractivity contribution is 5.88. The lowest BCUT2D eigenvalue weighted by molar-refractivity contribution is -0.114.